The average Bonchev–Trinajstić information content (AvgIpc) is 2.80. The molecule has 0 fully saturated rings. The molecule has 5 heteroatoms. The minimum atomic E-state index is -0.241. The second-order valence-corrected chi connectivity index (χ2v) is 4.34. The van der Waals surface area contributed by atoms with Gasteiger partial charge >= 0.3 is 0 Å². The summed E-state index contributed by atoms with van der Waals surface area (Å²) >= 11 is 0. The van der Waals surface area contributed by atoms with E-state index in [1.807, 2.05) is 37.8 Å². The van der Waals surface area contributed by atoms with Crippen molar-refractivity contribution >= 4 is 5.91 Å². The van der Waals surface area contributed by atoms with Crippen LogP contribution >= 0.6 is 0 Å². The predicted molar refractivity (Wildman–Crippen MR) is 65.7 cm³/mol. The zero-order valence-corrected chi connectivity index (χ0v) is 10.6. The van der Waals surface area contributed by atoms with E-state index in [-0.39, 0.29) is 17.9 Å². The van der Waals surface area contributed by atoms with Crippen molar-refractivity contribution in [2.45, 2.75) is 33.4 Å². The molecule has 1 aromatic heterocycles. The minimum Gasteiger partial charge on any atom is -0.468 e. The van der Waals surface area contributed by atoms with Crippen molar-refractivity contribution < 1.29 is 9.21 Å². The number of hydrogen-bond acceptors (Lipinski definition) is 4. The third kappa shape index (κ3) is 3.57. The number of likely N-dealkylation sites (N-methyl/N-ethyl adjacent to an activating group) is 1. The lowest BCUT2D eigenvalue weighted by molar-refractivity contribution is -0.128. The first-order valence-electron chi connectivity index (χ1n) is 5.87. The molecule has 1 rings (SSSR count). The van der Waals surface area contributed by atoms with E-state index in [1.165, 1.54) is 0 Å². The highest BCUT2D eigenvalue weighted by molar-refractivity contribution is 5.81. The van der Waals surface area contributed by atoms with E-state index in [9.17, 15) is 4.79 Å². The van der Waals surface area contributed by atoms with Crippen molar-refractivity contribution in [3.05, 3.63) is 24.2 Å². The van der Waals surface area contributed by atoms with Gasteiger partial charge in [-0.3, -0.25) is 15.1 Å². The Balaban J connectivity index is 2.78. The molecule has 0 aliphatic carbocycles. The first-order valence-corrected chi connectivity index (χ1v) is 5.87. The highest BCUT2D eigenvalue weighted by Gasteiger charge is 2.27. The van der Waals surface area contributed by atoms with Gasteiger partial charge in [-0.2, -0.15) is 0 Å². The molecule has 0 radical (unpaired) electrons. The summed E-state index contributed by atoms with van der Waals surface area (Å²) in [6.07, 6.45) is 1.64. The lowest BCUT2D eigenvalue weighted by Gasteiger charge is -2.31. The van der Waals surface area contributed by atoms with Crippen LogP contribution in [0.1, 0.15) is 26.5 Å². The fourth-order valence-electron chi connectivity index (χ4n) is 1.99. The highest BCUT2D eigenvalue weighted by Crippen LogP contribution is 2.15. The fourth-order valence-corrected chi connectivity index (χ4v) is 1.99. The van der Waals surface area contributed by atoms with E-state index in [0.717, 1.165) is 12.3 Å². The van der Waals surface area contributed by atoms with Gasteiger partial charge < -0.3 is 4.42 Å². The first kappa shape index (κ1) is 13.7. The highest BCUT2D eigenvalue weighted by atomic mass is 16.3. The van der Waals surface area contributed by atoms with Crippen LogP contribution in [0.3, 0.4) is 0 Å². The van der Waals surface area contributed by atoms with Crippen molar-refractivity contribution in [1.82, 2.24) is 10.3 Å². The van der Waals surface area contributed by atoms with Gasteiger partial charge in [0.05, 0.1) is 18.8 Å². The lowest BCUT2D eigenvalue weighted by atomic mass is 10.0. The van der Waals surface area contributed by atoms with Gasteiger partial charge in [0.15, 0.2) is 0 Å². The molecule has 1 aromatic rings. The van der Waals surface area contributed by atoms with Crippen LogP contribution in [-0.4, -0.2) is 23.4 Å². The Morgan fingerprint density at radius 1 is 1.59 bits per heavy atom. The Morgan fingerprint density at radius 2 is 2.29 bits per heavy atom. The SMILES string of the molecule is CCN(Cc1ccco1)C(C(=O)NN)C(C)C. The molecule has 0 aromatic carbocycles. The smallest absolute Gasteiger partial charge is 0.251 e. The molecule has 1 unspecified atom stereocenters. The molecular formula is C12H21N3O2. The van der Waals surface area contributed by atoms with Crippen molar-refractivity contribution in [1.29, 1.82) is 0 Å². The molecule has 5 nitrogen and oxygen atoms in total. The largest absolute Gasteiger partial charge is 0.468 e. The number of carbonyl (C=O) groups excluding carboxylic acids is 1. The molecule has 0 aliphatic rings. The van der Waals surface area contributed by atoms with E-state index < -0.39 is 0 Å². The molecule has 17 heavy (non-hydrogen) atoms. The Hall–Kier alpha value is -1.33. The molecule has 0 saturated carbocycles. The van der Waals surface area contributed by atoms with Crippen molar-refractivity contribution in [3.63, 3.8) is 0 Å². The zero-order valence-electron chi connectivity index (χ0n) is 10.6. The van der Waals surface area contributed by atoms with E-state index in [0.29, 0.717) is 6.54 Å². The quantitative estimate of drug-likeness (QED) is 0.443. The molecule has 0 saturated heterocycles. The summed E-state index contributed by atoms with van der Waals surface area (Å²) in [7, 11) is 0. The summed E-state index contributed by atoms with van der Waals surface area (Å²) in [5.41, 5.74) is 2.23. The summed E-state index contributed by atoms with van der Waals surface area (Å²) in [5, 5.41) is 0. The topological polar surface area (TPSA) is 71.5 Å². The van der Waals surface area contributed by atoms with Crippen LogP contribution in [0, 0.1) is 5.92 Å². The normalized spacial score (nSPS) is 13.1. The zero-order chi connectivity index (χ0) is 12.8. The number of rotatable bonds is 6. The second kappa shape index (κ2) is 6.42. The van der Waals surface area contributed by atoms with Crippen LogP contribution < -0.4 is 11.3 Å². The monoisotopic (exact) mass is 239 g/mol. The summed E-state index contributed by atoms with van der Waals surface area (Å²) in [6, 6.07) is 3.51. The van der Waals surface area contributed by atoms with Crippen molar-refractivity contribution in [2.24, 2.45) is 11.8 Å². The third-order valence-corrected chi connectivity index (χ3v) is 2.78. The Kier molecular flexibility index (Phi) is 5.18. The maximum atomic E-state index is 11.8. The lowest BCUT2D eigenvalue weighted by Crippen LogP contribution is -2.51. The summed E-state index contributed by atoms with van der Waals surface area (Å²) in [6.45, 7) is 7.40. The summed E-state index contributed by atoms with van der Waals surface area (Å²) in [5.74, 6) is 6.11. The van der Waals surface area contributed by atoms with Gasteiger partial charge in [0.25, 0.3) is 5.91 Å². The number of nitrogens with one attached hydrogen (secondary N) is 1. The van der Waals surface area contributed by atoms with Crippen molar-refractivity contribution in [2.75, 3.05) is 6.54 Å². The molecule has 1 heterocycles. The maximum Gasteiger partial charge on any atom is 0.251 e. The number of furan rings is 1. The van der Waals surface area contributed by atoms with Crippen LogP contribution in [0.25, 0.3) is 0 Å². The number of nitrogens with zero attached hydrogens (tertiary/aromatic N) is 1. The second-order valence-electron chi connectivity index (χ2n) is 4.34. The molecule has 96 valence electrons. The van der Waals surface area contributed by atoms with E-state index in [4.69, 9.17) is 10.3 Å². The van der Waals surface area contributed by atoms with E-state index in [1.54, 1.807) is 6.26 Å². The summed E-state index contributed by atoms with van der Waals surface area (Å²) < 4.78 is 5.30. The van der Waals surface area contributed by atoms with Crippen LogP contribution in [0.4, 0.5) is 0 Å². The fraction of sp³-hybridized carbons (Fsp3) is 0.583. The van der Waals surface area contributed by atoms with Gasteiger partial charge in [0, 0.05) is 0 Å². The summed E-state index contributed by atoms with van der Waals surface area (Å²) in [4.78, 5) is 13.8. The molecule has 1 amide bonds. The molecule has 0 bridgehead atoms. The van der Waals surface area contributed by atoms with Gasteiger partial charge in [0.1, 0.15) is 5.76 Å². The minimum absolute atomic E-state index is 0.159. The van der Waals surface area contributed by atoms with Gasteiger partial charge in [-0.1, -0.05) is 20.8 Å². The number of amides is 1. The van der Waals surface area contributed by atoms with E-state index >= 15 is 0 Å². The maximum absolute atomic E-state index is 11.8. The van der Waals surface area contributed by atoms with Crippen molar-refractivity contribution in [3.8, 4) is 0 Å². The Bertz CT molecular complexity index is 336. The predicted octanol–water partition coefficient (Wildman–Crippen LogP) is 1.12. The van der Waals surface area contributed by atoms with Crippen LogP contribution in [-0.2, 0) is 11.3 Å². The van der Waals surface area contributed by atoms with E-state index in [2.05, 4.69) is 5.43 Å². The molecule has 1 atom stereocenters. The Morgan fingerprint density at radius 3 is 2.71 bits per heavy atom. The Labute approximate surface area is 102 Å². The molecule has 0 aliphatic heterocycles. The van der Waals surface area contributed by atoms with Gasteiger partial charge in [0.2, 0.25) is 0 Å². The average molecular weight is 239 g/mol. The first-order chi connectivity index (χ1) is 8.10. The van der Waals surface area contributed by atoms with Gasteiger partial charge in [-0.25, -0.2) is 5.84 Å². The molecular weight excluding hydrogens is 218 g/mol. The number of carbonyl (C=O) groups is 1. The number of hydrogen-bond donors (Lipinski definition) is 2. The van der Waals surface area contributed by atoms with Gasteiger partial charge in [-0.05, 0) is 24.6 Å². The number of nitrogens with two attached hydrogens (primary N) is 1. The molecule has 0 spiro atoms. The third-order valence-electron chi connectivity index (χ3n) is 2.78. The van der Waals surface area contributed by atoms with Crippen LogP contribution in [0.15, 0.2) is 22.8 Å². The standard InChI is InChI=1S/C12H21N3O2/c1-4-15(8-10-6-5-7-17-10)11(9(2)3)12(16)14-13/h5-7,9,11H,4,8,13H2,1-3H3,(H,14,16). The van der Waals surface area contributed by atoms with Crippen LogP contribution in [0.5, 0.6) is 0 Å². The van der Waals surface area contributed by atoms with Gasteiger partial charge in [-0.15, -0.1) is 0 Å². The molecule has 3 N–H and O–H groups in total. The number of hydrazine groups is 1. The van der Waals surface area contributed by atoms with Crippen LogP contribution in [0.2, 0.25) is 0 Å².